The number of ether oxygens (including phenoxy) is 2. The molecular weight excluding hydrogens is 510 g/mol. The van der Waals surface area contributed by atoms with Crippen LogP contribution in [0.2, 0.25) is 5.02 Å². The molecule has 1 heterocycles. The van der Waals surface area contributed by atoms with Crippen molar-refractivity contribution in [1.29, 1.82) is 0 Å². The maximum atomic E-state index is 12.5. The number of carbonyl (C=O) groups excluding carboxylic acids is 2. The van der Waals surface area contributed by atoms with Crippen molar-refractivity contribution in [2.45, 2.75) is 20.8 Å². The fraction of sp³-hybridized carbons (Fsp3) is 0.179. The van der Waals surface area contributed by atoms with Crippen molar-refractivity contribution in [2.75, 3.05) is 18.5 Å². The molecule has 0 bridgehead atoms. The van der Waals surface area contributed by atoms with Gasteiger partial charge in [0.1, 0.15) is 0 Å². The van der Waals surface area contributed by atoms with E-state index in [0.717, 1.165) is 16.8 Å². The summed E-state index contributed by atoms with van der Waals surface area (Å²) in [4.78, 5) is 29.9. The van der Waals surface area contributed by atoms with Gasteiger partial charge in [0.2, 0.25) is 0 Å². The molecule has 0 aliphatic carbocycles. The van der Waals surface area contributed by atoms with Gasteiger partial charge in [0.05, 0.1) is 22.2 Å². The van der Waals surface area contributed by atoms with Gasteiger partial charge in [0.15, 0.2) is 23.3 Å². The molecule has 1 aliphatic heterocycles. The molecule has 2 N–H and O–H groups in total. The normalized spacial score (nSPS) is 15.1. The first-order chi connectivity index (χ1) is 17.8. The van der Waals surface area contributed by atoms with Crippen molar-refractivity contribution in [3.63, 3.8) is 0 Å². The van der Waals surface area contributed by atoms with E-state index in [-0.39, 0.29) is 29.2 Å². The fourth-order valence-electron chi connectivity index (χ4n) is 3.41. The molecule has 3 aromatic rings. The summed E-state index contributed by atoms with van der Waals surface area (Å²) in [5, 5.41) is 6.32. The molecule has 1 fully saturated rings. The van der Waals surface area contributed by atoms with Crippen LogP contribution in [0.3, 0.4) is 0 Å². The number of halogens is 1. The largest absolute Gasteiger partial charge is 0.490 e. The van der Waals surface area contributed by atoms with Gasteiger partial charge < -0.3 is 20.1 Å². The van der Waals surface area contributed by atoms with E-state index in [1.165, 1.54) is 11.8 Å². The van der Waals surface area contributed by atoms with Crippen molar-refractivity contribution in [3.8, 4) is 11.5 Å². The minimum absolute atomic E-state index is 0.245. The van der Waals surface area contributed by atoms with Crippen LogP contribution in [0.15, 0.2) is 70.6 Å². The van der Waals surface area contributed by atoms with Crippen LogP contribution in [0.4, 0.5) is 11.4 Å². The first-order valence-corrected chi connectivity index (χ1v) is 12.8. The molecule has 4 rings (SSSR count). The minimum Gasteiger partial charge on any atom is -0.490 e. The van der Waals surface area contributed by atoms with Gasteiger partial charge in [-0.15, -0.1) is 0 Å². The number of amidine groups is 1. The lowest BCUT2D eigenvalue weighted by Gasteiger charge is -2.14. The predicted octanol–water partition coefficient (Wildman–Crippen LogP) is 6.26. The summed E-state index contributed by atoms with van der Waals surface area (Å²) >= 11 is 7.75. The van der Waals surface area contributed by atoms with Crippen molar-refractivity contribution < 1.29 is 19.1 Å². The zero-order valence-corrected chi connectivity index (χ0v) is 22.2. The van der Waals surface area contributed by atoms with Gasteiger partial charge in [-0.3, -0.25) is 9.59 Å². The van der Waals surface area contributed by atoms with E-state index in [9.17, 15) is 9.59 Å². The number of rotatable bonds is 8. The molecule has 37 heavy (non-hydrogen) atoms. The van der Waals surface area contributed by atoms with Gasteiger partial charge in [-0.05, 0) is 80.6 Å². The summed E-state index contributed by atoms with van der Waals surface area (Å²) in [5.74, 6) is 0.0582. The molecule has 0 saturated carbocycles. The van der Waals surface area contributed by atoms with Gasteiger partial charge >= 0.3 is 0 Å². The molecule has 0 spiro atoms. The summed E-state index contributed by atoms with van der Waals surface area (Å²) in [6.45, 7) is 5.93. The van der Waals surface area contributed by atoms with E-state index in [1.807, 2.05) is 69.3 Å². The minimum atomic E-state index is -0.326. The maximum absolute atomic E-state index is 12.5. The Labute approximate surface area is 224 Å². The summed E-state index contributed by atoms with van der Waals surface area (Å²) in [7, 11) is 0. The Hall–Kier alpha value is -3.75. The van der Waals surface area contributed by atoms with Crippen LogP contribution in [-0.2, 0) is 9.59 Å². The number of nitrogens with one attached hydrogen (secondary N) is 2. The Bertz CT molecular complexity index is 1370. The highest BCUT2D eigenvalue weighted by Crippen LogP contribution is 2.38. The lowest BCUT2D eigenvalue weighted by atomic mass is 10.2. The Balaban J connectivity index is 1.48. The number of hydrogen-bond acceptors (Lipinski definition) is 6. The van der Waals surface area contributed by atoms with Gasteiger partial charge in [-0.2, -0.15) is 0 Å². The molecule has 0 atom stereocenters. The first kappa shape index (κ1) is 26.3. The molecule has 0 aromatic heterocycles. The summed E-state index contributed by atoms with van der Waals surface area (Å²) in [5.41, 5.74) is 4.31. The van der Waals surface area contributed by atoms with Gasteiger partial charge in [-0.1, -0.05) is 47.0 Å². The molecule has 190 valence electrons. The van der Waals surface area contributed by atoms with E-state index in [0.29, 0.717) is 33.7 Å². The second-order valence-electron chi connectivity index (χ2n) is 8.28. The predicted molar refractivity (Wildman–Crippen MR) is 150 cm³/mol. The Morgan fingerprint density at radius 2 is 1.73 bits per heavy atom. The standard InChI is InChI=1S/C28H26ClN3O4S/c1-4-35-23-14-19(15-24-27(34)32-28(37-24)31-21-11-7-18(3)8-12-21)13-22(29)26(23)36-16-25(33)30-20-9-5-17(2)6-10-20/h5-15H,4,16H2,1-3H3,(H,30,33)(H,31,32,34)/b24-15+. The van der Waals surface area contributed by atoms with Crippen molar-refractivity contribution in [1.82, 2.24) is 5.32 Å². The monoisotopic (exact) mass is 535 g/mol. The first-order valence-electron chi connectivity index (χ1n) is 11.6. The third kappa shape index (κ3) is 7.15. The zero-order valence-electron chi connectivity index (χ0n) is 20.6. The van der Waals surface area contributed by atoms with Crippen molar-refractivity contribution in [2.24, 2.45) is 4.99 Å². The van der Waals surface area contributed by atoms with E-state index in [4.69, 9.17) is 21.1 Å². The van der Waals surface area contributed by atoms with E-state index in [2.05, 4.69) is 15.6 Å². The number of thioether (sulfide) groups is 1. The Morgan fingerprint density at radius 3 is 2.41 bits per heavy atom. The molecule has 0 unspecified atom stereocenters. The Kier molecular flexibility index (Phi) is 8.53. The average Bonchev–Trinajstić information content (AvgIpc) is 3.20. The van der Waals surface area contributed by atoms with Gasteiger partial charge in [0, 0.05) is 5.69 Å². The smallest absolute Gasteiger partial charge is 0.264 e. The summed E-state index contributed by atoms with van der Waals surface area (Å²) < 4.78 is 11.4. The lowest BCUT2D eigenvalue weighted by molar-refractivity contribution is -0.118. The molecule has 1 aliphatic rings. The third-order valence-electron chi connectivity index (χ3n) is 5.23. The molecule has 2 amide bonds. The van der Waals surface area contributed by atoms with Gasteiger partial charge in [0.25, 0.3) is 11.8 Å². The number of hydrogen-bond donors (Lipinski definition) is 2. The van der Waals surface area contributed by atoms with E-state index < -0.39 is 0 Å². The number of benzene rings is 3. The highest BCUT2D eigenvalue weighted by molar-refractivity contribution is 8.18. The molecule has 1 saturated heterocycles. The molecule has 7 nitrogen and oxygen atoms in total. The SMILES string of the molecule is CCOc1cc(/C=C2/SC(=Nc3ccc(C)cc3)NC2=O)cc(Cl)c1OCC(=O)Nc1ccc(C)cc1. The van der Waals surface area contributed by atoms with Crippen molar-refractivity contribution in [3.05, 3.63) is 87.3 Å². The topological polar surface area (TPSA) is 89.0 Å². The average molecular weight is 536 g/mol. The summed E-state index contributed by atoms with van der Waals surface area (Å²) in [6, 6.07) is 18.6. The Morgan fingerprint density at radius 1 is 1.05 bits per heavy atom. The van der Waals surface area contributed by atoms with Crippen LogP contribution < -0.4 is 20.1 Å². The number of aryl methyl sites for hydroxylation is 2. The second kappa shape index (κ2) is 12.0. The molecule has 3 aromatic carbocycles. The van der Waals surface area contributed by atoms with Crippen LogP contribution in [-0.4, -0.2) is 30.2 Å². The van der Waals surface area contributed by atoms with Crippen LogP contribution in [0, 0.1) is 13.8 Å². The van der Waals surface area contributed by atoms with Gasteiger partial charge in [-0.25, -0.2) is 4.99 Å². The van der Waals surface area contributed by atoms with Crippen LogP contribution >= 0.6 is 23.4 Å². The molecule has 0 radical (unpaired) electrons. The lowest BCUT2D eigenvalue weighted by Crippen LogP contribution is -2.20. The van der Waals surface area contributed by atoms with Crippen LogP contribution in [0.5, 0.6) is 11.5 Å². The summed E-state index contributed by atoms with van der Waals surface area (Å²) in [6.07, 6.45) is 1.71. The molecular formula is C28H26ClN3O4S. The molecule has 9 heteroatoms. The van der Waals surface area contributed by atoms with E-state index in [1.54, 1.807) is 18.2 Å². The second-order valence-corrected chi connectivity index (χ2v) is 9.72. The highest BCUT2D eigenvalue weighted by atomic mass is 35.5. The number of anilines is 1. The van der Waals surface area contributed by atoms with Crippen molar-refractivity contribution >= 4 is 57.8 Å². The van der Waals surface area contributed by atoms with Crippen LogP contribution in [0.1, 0.15) is 23.6 Å². The van der Waals surface area contributed by atoms with E-state index >= 15 is 0 Å². The highest BCUT2D eigenvalue weighted by Gasteiger charge is 2.24. The fourth-order valence-corrected chi connectivity index (χ4v) is 4.53. The number of aliphatic imine (C=N–C) groups is 1. The number of carbonyl (C=O) groups is 2. The number of amides is 2. The van der Waals surface area contributed by atoms with Crippen LogP contribution in [0.25, 0.3) is 6.08 Å². The quantitative estimate of drug-likeness (QED) is 0.332. The maximum Gasteiger partial charge on any atom is 0.264 e. The number of nitrogens with zero attached hydrogens (tertiary/aromatic N) is 1. The zero-order chi connectivity index (χ0) is 26.4. The third-order valence-corrected chi connectivity index (χ3v) is 6.42.